The van der Waals surface area contributed by atoms with Gasteiger partial charge >= 0.3 is 0 Å². The lowest BCUT2D eigenvalue weighted by Crippen LogP contribution is -2.49. The standard InChI is InChI=1S/C10H19N3O2S2/c11-10(16)7-13(9-3-1-2-4-9)17(14,15)12-8-5-6-8/h8-9,12H,1-7H2,(H2,11,16). The highest BCUT2D eigenvalue weighted by Gasteiger charge is 2.36. The quantitative estimate of drug-likeness (QED) is 0.694. The Morgan fingerprint density at radius 3 is 2.35 bits per heavy atom. The summed E-state index contributed by atoms with van der Waals surface area (Å²) in [7, 11) is -3.42. The third-order valence-corrected chi connectivity index (χ3v) is 5.05. The molecule has 2 rings (SSSR count). The molecular formula is C10H19N3O2S2. The number of rotatable bonds is 6. The second-order valence-corrected chi connectivity index (χ2v) is 7.03. The Morgan fingerprint density at radius 1 is 1.29 bits per heavy atom. The monoisotopic (exact) mass is 277 g/mol. The van der Waals surface area contributed by atoms with Crippen LogP contribution in [0.3, 0.4) is 0 Å². The van der Waals surface area contributed by atoms with Crippen molar-refractivity contribution >= 4 is 27.4 Å². The molecule has 98 valence electrons. The second kappa shape index (κ2) is 5.17. The van der Waals surface area contributed by atoms with E-state index in [1.165, 1.54) is 4.31 Å². The van der Waals surface area contributed by atoms with E-state index in [1.54, 1.807) is 0 Å². The molecule has 17 heavy (non-hydrogen) atoms. The van der Waals surface area contributed by atoms with Gasteiger partial charge < -0.3 is 5.73 Å². The van der Waals surface area contributed by atoms with Gasteiger partial charge in [0.25, 0.3) is 10.2 Å². The Hall–Kier alpha value is -0.240. The number of nitrogens with two attached hydrogens (primary N) is 1. The van der Waals surface area contributed by atoms with E-state index in [4.69, 9.17) is 18.0 Å². The highest BCUT2D eigenvalue weighted by Crippen LogP contribution is 2.27. The smallest absolute Gasteiger partial charge is 0.280 e. The molecule has 0 aromatic carbocycles. The fraction of sp³-hybridized carbons (Fsp3) is 0.900. The van der Waals surface area contributed by atoms with Crippen molar-refractivity contribution in [1.82, 2.24) is 9.03 Å². The van der Waals surface area contributed by atoms with Crippen molar-refractivity contribution in [3.8, 4) is 0 Å². The summed E-state index contributed by atoms with van der Waals surface area (Å²) >= 11 is 4.85. The van der Waals surface area contributed by atoms with E-state index in [1.807, 2.05) is 0 Å². The molecule has 0 atom stereocenters. The van der Waals surface area contributed by atoms with Gasteiger partial charge in [-0.3, -0.25) is 0 Å². The van der Waals surface area contributed by atoms with Gasteiger partial charge in [-0.25, -0.2) is 0 Å². The summed E-state index contributed by atoms with van der Waals surface area (Å²) in [5, 5.41) is 0. The van der Waals surface area contributed by atoms with Gasteiger partial charge in [-0.1, -0.05) is 25.1 Å². The molecule has 0 aliphatic heterocycles. The molecule has 2 saturated carbocycles. The first-order chi connectivity index (χ1) is 7.99. The largest absolute Gasteiger partial charge is 0.392 e. The zero-order chi connectivity index (χ0) is 12.5. The van der Waals surface area contributed by atoms with Crippen molar-refractivity contribution in [2.75, 3.05) is 6.54 Å². The molecule has 2 aliphatic carbocycles. The van der Waals surface area contributed by atoms with Gasteiger partial charge in [0, 0.05) is 12.1 Å². The lowest BCUT2D eigenvalue weighted by Gasteiger charge is -2.27. The lowest BCUT2D eigenvalue weighted by molar-refractivity contribution is 0.349. The molecule has 0 unspecified atom stereocenters. The summed E-state index contributed by atoms with van der Waals surface area (Å²) in [4.78, 5) is 0.234. The SMILES string of the molecule is NC(=S)CN(C1CCCC1)S(=O)(=O)NC1CC1. The topological polar surface area (TPSA) is 75.4 Å². The summed E-state index contributed by atoms with van der Waals surface area (Å²) < 4.78 is 28.6. The molecule has 0 saturated heterocycles. The Balaban J connectivity index is 2.09. The van der Waals surface area contributed by atoms with Gasteiger partial charge in [-0.2, -0.15) is 17.4 Å². The average molecular weight is 277 g/mol. The van der Waals surface area contributed by atoms with Crippen LogP contribution in [0.15, 0.2) is 0 Å². The van der Waals surface area contributed by atoms with Crippen molar-refractivity contribution < 1.29 is 8.42 Å². The van der Waals surface area contributed by atoms with E-state index < -0.39 is 10.2 Å². The molecule has 0 aromatic rings. The molecule has 7 heteroatoms. The van der Waals surface area contributed by atoms with Crippen molar-refractivity contribution in [3.63, 3.8) is 0 Å². The molecule has 2 fully saturated rings. The van der Waals surface area contributed by atoms with Crippen molar-refractivity contribution in [2.24, 2.45) is 5.73 Å². The Bertz CT molecular complexity index is 386. The van der Waals surface area contributed by atoms with Crippen molar-refractivity contribution in [1.29, 1.82) is 0 Å². The van der Waals surface area contributed by atoms with Gasteiger partial charge in [0.2, 0.25) is 0 Å². The first-order valence-electron chi connectivity index (χ1n) is 6.06. The maximum atomic E-state index is 12.2. The summed E-state index contributed by atoms with van der Waals surface area (Å²) in [5.74, 6) is 0. The normalized spacial score (nSPS) is 22.2. The van der Waals surface area contributed by atoms with E-state index in [2.05, 4.69) is 4.72 Å². The number of thiocarbonyl (C=S) groups is 1. The second-order valence-electron chi connectivity index (χ2n) is 4.85. The Labute approximate surface area is 108 Å². The lowest BCUT2D eigenvalue weighted by atomic mass is 10.2. The number of nitrogens with one attached hydrogen (secondary N) is 1. The third kappa shape index (κ3) is 3.61. The number of hydrogen-bond donors (Lipinski definition) is 2. The molecule has 5 nitrogen and oxygen atoms in total. The number of hydrogen-bond acceptors (Lipinski definition) is 3. The van der Waals surface area contributed by atoms with Gasteiger partial charge in [-0.05, 0) is 25.7 Å². The fourth-order valence-corrected chi connectivity index (χ4v) is 4.16. The van der Waals surface area contributed by atoms with Crippen LogP contribution in [0.25, 0.3) is 0 Å². The predicted molar refractivity (Wildman–Crippen MR) is 70.8 cm³/mol. The highest BCUT2D eigenvalue weighted by molar-refractivity contribution is 7.87. The minimum atomic E-state index is -3.42. The van der Waals surface area contributed by atoms with Crippen LogP contribution in [0.2, 0.25) is 0 Å². The predicted octanol–water partition coefficient (Wildman–Crippen LogP) is 0.514. The highest BCUT2D eigenvalue weighted by atomic mass is 32.2. The molecule has 3 N–H and O–H groups in total. The zero-order valence-corrected chi connectivity index (χ0v) is 11.4. The van der Waals surface area contributed by atoms with Crippen LogP contribution in [0, 0.1) is 0 Å². The maximum Gasteiger partial charge on any atom is 0.280 e. The molecule has 0 amide bonds. The minimum Gasteiger partial charge on any atom is -0.392 e. The molecule has 0 aromatic heterocycles. The minimum absolute atomic E-state index is 0.0627. The van der Waals surface area contributed by atoms with Crippen LogP contribution < -0.4 is 10.5 Å². The molecule has 0 bridgehead atoms. The third-order valence-electron chi connectivity index (χ3n) is 3.25. The zero-order valence-electron chi connectivity index (χ0n) is 9.76. The van der Waals surface area contributed by atoms with Crippen LogP contribution in [-0.4, -0.2) is 36.3 Å². The average Bonchev–Trinajstić information content (AvgIpc) is 2.86. The maximum absolute atomic E-state index is 12.2. The molecule has 0 spiro atoms. The first kappa shape index (κ1) is 13.2. The summed E-state index contributed by atoms with van der Waals surface area (Å²) in [6.45, 7) is 0.155. The van der Waals surface area contributed by atoms with Crippen LogP contribution >= 0.6 is 12.2 Å². The van der Waals surface area contributed by atoms with E-state index in [0.717, 1.165) is 38.5 Å². The molecular weight excluding hydrogens is 258 g/mol. The molecule has 2 aliphatic rings. The first-order valence-corrected chi connectivity index (χ1v) is 7.91. The number of nitrogens with zero attached hydrogens (tertiary/aromatic N) is 1. The van der Waals surface area contributed by atoms with E-state index in [9.17, 15) is 8.42 Å². The van der Waals surface area contributed by atoms with Crippen LogP contribution in [-0.2, 0) is 10.2 Å². The summed E-state index contributed by atoms with van der Waals surface area (Å²) in [5.41, 5.74) is 5.50. The van der Waals surface area contributed by atoms with E-state index in [-0.39, 0.29) is 23.6 Å². The Kier molecular flexibility index (Phi) is 4.02. The molecule has 0 heterocycles. The van der Waals surface area contributed by atoms with E-state index in [0.29, 0.717) is 0 Å². The van der Waals surface area contributed by atoms with Crippen LogP contribution in [0.5, 0.6) is 0 Å². The summed E-state index contributed by atoms with van der Waals surface area (Å²) in [6, 6.07) is 0.183. The van der Waals surface area contributed by atoms with Gasteiger partial charge in [0.05, 0.1) is 11.5 Å². The van der Waals surface area contributed by atoms with Gasteiger partial charge in [-0.15, -0.1) is 0 Å². The van der Waals surface area contributed by atoms with Gasteiger partial charge in [0.1, 0.15) is 0 Å². The fourth-order valence-electron chi connectivity index (χ4n) is 2.24. The summed E-state index contributed by atoms with van der Waals surface area (Å²) in [6.07, 6.45) is 5.85. The van der Waals surface area contributed by atoms with Crippen LogP contribution in [0.1, 0.15) is 38.5 Å². The molecule has 0 radical (unpaired) electrons. The Morgan fingerprint density at radius 2 is 1.88 bits per heavy atom. The van der Waals surface area contributed by atoms with E-state index >= 15 is 0 Å². The van der Waals surface area contributed by atoms with Crippen molar-refractivity contribution in [2.45, 2.75) is 50.6 Å². The van der Waals surface area contributed by atoms with Gasteiger partial charge in [0.15, 0.2) is 0 Å². The van der Waals surface area contributed by atoms with Crippen molar-refractivity contribution in [3.05, 3.63) is 0 Å². The van der Waals surface area contributed by atoms with Crippen LogP contribution in [0.4, 0.5) is 0 Å².